The van der Waals surface area contributed by atoms with Crippen LogP contribution < -0.4 is 15.5 Å². The summed E-state index contributed by atoms with van der Waals surface area (Å²) < 4.78 is 9.98. The minimum atomic E-state index is -0.318. The molecule has 1 aliphatic rings. The Morgan fingerprint density at radius 1 is 1.09 bits per heavy atom. The molecule has 0 unspecified atom stereocenters. The second-order valence-corrected chi connectivity index (χ2v) is 8.83. The van der Waals surface area contributed by atoms with Crippen molar-refractivity contribution >= 4 is 23.3 Å². The lowest BCUT2D eigenvalue weighted by molar-refractivity contribution is -0.146. The molecule has 1 fully saturated rings. The van der Waals surface area contributed by atoms with Gasteiger partial charge in [-0.15, -0.1) is 0 Å². The van der Waals surface area contributed by atoms with E-state index >= 15 is 0 Å². The van der Waals surface area contributed by atoms with Crippen LogP contribution in [0.1, 0.15) is 40.2 Å². The Balaban J connectivity index is 1.45. The second-order valence-electron chi connectivity index (χ2n) is 8.83. The van der Waals surface area contributed by atoms with Crippen LogP contribution in [0, 0.1) is 12.8 Å². The number of carbonyl (C=O) groups excluding carboxylic acids is 2. The van der Waals surface area contributed by atoms with Gasteiger partial charge in [0, 0.05) is 25.7 Å². The molecule has 0 spiro atoms. The number of methoxy groups -OCH3 is 1. The first-order valence-electron chi connectivity index (χ1n) is 12.0. The van der Waals surface area contributed by atoms with Crippen molar-refractivity contribution in [1.82, 2.24) is 10.5 Å². The van der Waals surface area contributed by atoms with Crippen molar-refractivity contribution in [2.75, 3.05) is 37.0 Å². The standard InChI is InChI=1S/C27H32N4O4/c1-19-16-24(30-35-19)26(32)29-23-17-21(18-28-13-10-20-6-4-3-5-7-20)8-9-25(23)31-14-11-22(12-15-31)27(33)34-2/h3-9,16-17,22,28H,10-15,18H2,1-2H3,(H,29,32). The third kappa shape index (κ3) is 6.48. The molecule has 4 rings (SSSR count). The zero-order valence-electron chi connectivity index (χ0n) is 20.3. The van der Waals surface area contributed by atoms with E-state index in [1.165, 1.54) is 12.7 Å². The minimum Gasteiger partial charge on any atom is -0.469 e. The fraction of sp³-hybridized carbons (Fsp3) is 0.370. The summed E-state index contributed by atoms with van der Waals surface area (Å²) in [5.74, 6) is 0.0235. The molecule has 2 heterocycles. The highest BCUT2D eigenvalue weighted by molar-refractivity contribution is 6.04. The molecule has 2 aromatic carbocycles. The largest absolute Gasteiger partial charge is 0.469 e. The SMILES string of the molecule is COC(=O)C1CCN(c2ccc(CNCCc3ccccc3)cc2NC(=O)c2cc(C)on2)CC1. The zero-order valence-corrected chi connectivity index (χ0v) is 20.3. The van der Waals surface area contributed by atoms with Crippen molar-refractivity contribution in [3.05, 3.63) is 77.2 Å². The first kappa shape index (κ1) is 24.5. The summed E-state index contributed by atoms with van der Waals surface area (Å²) in [6.07, 6.45) is 2.37. The van der Waals surface area contributed by atoms with Crippen molar-refractivity contribution < 1.29 is 18.8 Å². The van der Waals surface area contributed by atoms with Gasteiger partial charge < -0.3 is 24.8 Å². The van der Waals surface area contributed by atoms with Crippen LogP contribution in [0.2, 0.25) is 0 Å². The molecule has 0 aliphatic carbocycles. The topological polar surface area (TPSA) is 96.7 Å². The summed E-state index contributed by atoms with van der Waals surface area (Å²) >= 11 is 0. The Labute approximate surface area is 205 Å². The summed E-state index contributed by atoms with van der Waals surface area (Å²) in [6, 6.07) is 18.1. The number of anilines is 2. The van der Waals surface area contributed by atoms with Crippen LogP contribution >= 0.6 is 0 Å². The van der Waals surface area contributed by atoms with Gasteiger partial charge in [0.1, 0.15) is 5.76 Å². The van der Waals surface area contributed by atoms with Crippen molar-refractivity contribution in [1.29, 1.82) is 0 Å². The van der Waals surface area contributed by atoms with Gasteiger partial charge in [-0.25, -0.2) is 0 Å². The van der Waals surface area contributed by atoms with Crippen LogP contribution in [0.4, 0.5) is 11.4 Å². The number of ether oxygens (including phenoxy) is 1. The lowest BCUT2D eigenvalue weighted by Crippen LogP contribution is -2.37. The van der Waals surface area contributed by atoms with E-state index in [0.717, 1.165) is 29.9 Å². The second kappa shape index (κ2) is 11.7. The highest BCUT2D eigenvalue weighted by atomic mass is 16.5. The van der Waals surface area contributed by atoms with Crippen LogP contribution in [-0.4, -0.2) is 43.8 Å². The first-order chi connectivity index (χ1) is 17.0. The lowest BCUT2D eigenvalue weighted by atomic mass is 9.96. The fourth-order valence-electron chi connectivity index (χ4n) is 4.36. The number of hydrogen-bond acceptors (Lipinski definition) is 7. The quantitative estimate of drug-likeness (QED) is 0.356. The first-order valence-corrected chi connectivity index (χ1v) is 12.0. The van der Waals surface area contributed by atoms with E-state index in [2.05, 4.69) is 38.9 Å². The van der Waals surface area contributed by atoms with E-state index in [4.69, 9.17) is 9.26 Å². The van der Waals surface area contributed by atoms with Gasteiger partial charge in [-0.3, -0.25) is 9.59 Å². The van der Waals surface area contributed by atoms with Crippen LogP contribution in [0.15, 0.2) is 59.1 Å². The number of benzene rings is 2. The number of nitrogens with one attached hydrogen (secondary N) is 2. The Kier molecular flexibility index (Phi) is 8.15. The average Bonchev–Trinajstić information content (AvgIpc) is 3.33. The minimum absolute atomic E-state index is 0.0829. The summed E-state index contributed by atoms with van der Waals surface area (Å²) in [6.45, 7) is 4.71. The monoisotopic (exact) mass is 476 g/mol. The Hall–Kier alpha value is -3.65. The zero-order chi connectivity index (χ0) is 24.6. The number of carbonyl (C=O) groups is 2. The number of amides is 1. The number of hydrogen-bond donors (Lipinski definition) is 2. The smallest absolute Gasteiger partial charge is 0.308 e. The summed E-state index contributed by atoms with van der Waals surface area (Å²) in [7, 11) is 1.43. The number of esters is 1. The van der Waals surface area contributed by atoms with Crippen LogP contribution in [0.5, 0.6) is 0 Å². The Morgan fingerprint density at radius 2 is 1.86 bits per heavy atom. The Morgan fingerprint density at radius 3 is 2.54 bits per heavy atom. The molecule has 0 bridgehead atoms. The molecule has 8 heteroatoms. The average molecular weight is 477 g/mol. The summed E-state index contributed by atoms with van der Waals surface area (Å²) in [5.41, 5.74) is 4.24. The van der Waals surface area contributed by atoms with Gasteiger partial charge in [-0.1, -0.05) is 41.6 Å². The van der Waals surface area contributed by atoms with Crippen molar-refractivity contribution in [2.45, 2.75) is 32.7 Å². The van der Waals surface area contributed by atoms with Crippen molar-refractivity contribution in [2.24, 2.45) is 5.92 Å². The van der Waals surface area contributed by atoms with E-state index in [0.29, 0.717) is 38.2 Å². The molecule has 1 aliphatic heterocycles. The maximum atomic E-state index is 12.8. The van der Waals surface area contributed by atoms with Gasteiger partial charge in [0.25, 0.3) is 5.91 Å². The van der Waals surface area contributed by atoms with E-state index in [-0.39, 0.29) is 23.5 Å². The highest BCUT2D eigenvalue weighted by Crippen LogP contribution is 2.32. The number of piperidine rings is 1. The molecular formula is C27H32N4O4. The molecule has 1 saturated heterocycles. The number of rotatable bonds is 9. The van der Waals surface area contributed by atoms with E-state index in [1.807, 2.05) is 30.3 Å². The molecule has 1 aromatic heterocycles. The fourth-order valence-corrected chi connectivity index (χ4v) is 4.36. The number of aryl methyl sites for hydroxylation is 1. The molecule has 184 valence electrons. The predicted molar refractivity (Wildman–Crippen MR) is 134 cm³/mol. The molecule has 2 N–H and O–H groups in total. The summed E-state index contributed by atoms with van der Waals surface area (Å²) in [5, 5.41) is 10.3. The molecule has 1 amide bonds. The van der Waals surface area contributed by atoms with Gasteiger partial charge in [-0.05, 0) is 56.0 Å². The van der Waals surface area contributed by atoms with Gasteiger partial charge in [0.2, 0.25) is 0 Å². The van der Waals surface area contributed by atoms with Crippen LogP contribution in [0.3, 0.4) is 0 Å². The third-order valence-electron chi connectivity index (χ3n) is 6.30. The summed E-state index contributed by atoms with van der Waals surface area (Å²) in [4.78, 5) is 27.0. The number of nitrogens with zero attached hydrogens (tertiary/aromatic N) is 2. The van der Waals surface area contributed by atoms with Gasteiger partial charge in [0.15, 0.2) is 5.69 Å². The molecule has 0 saturated carbocycles. The van der Waals surface area contributed by atoms with Gasteiger partial charge in [-0.2, -0.15) is 0 Å². The van der Waals surface area contributed by atoms with Gasteiger partial charge in [0.05, 0.1) is 24.4 Å². The van der Waals surface area contributed by atoms with E-state index in [9.17, 15) is 9.59 Å². The van der Waals surface area contributed by atoms with Crippen LogP contribution in [0.25, 0.3) is 0 Å². The molecule has 3 aromatic rings. The molecule has 0 radical (unpaired) electrons. The predicted octanol–water partition coefficient (Wildman–Crippen LogP) is 3.96. The molecular weight excluding hydrogens is 444 g/mol. The van der Waals surface area contributed by atoms with Crippen molar-refractivity contribution in [3.8, 4) is 0 Å². The molecule has 35 heavy (non-hydrogen) atoms. The highest BCUT2D eigenvalue weighted by Gasteiger charge is 2.27. The van der Waals surface area contributed by atoms with E-state index in [1.54, 1.807) is 13.0 Å². The van der Waals surface area contributed by atoms with E-state index < -0.39 is 0 Å². The maximum absolute atomic E-state index is 12.8. The van der Waals surface area contributed by atoms with Crippen molar-refractivity contribution in [3.63, 3.8) is 0 Å². The Bertz CT molecular complexity index is 1140. The lowest BCUT2D eigenvalue weighted by Gasteiger charge is -2.33. The number of aromatic nitrogens is 1. The maximum Gasteiger partial charge on any atom is 0.308 e. The van der Waals surface area contributed by atoms with Crippen LogP contribution in [-0.2, 0) is 22.5 Å². The molecule has 0 atom stereocenters. The normalized spacial score (nSPS) is 14.1. The molecule has 8 nitrogen and oxygen atoms in total. The van der Waals surface area contributed by atoms with Gasteiger partial charge >= 0.3 is 5.97 Å². The third-order valence-corrected chi connectivity index (χ3v) is 6.30.